The maximum Gasteiger partial charge on any atom is 0.0482 e. The highest BCUT2D eigenvalue weighted by molar-refractivity contribution is 4.67. The molecule has 1 heteroatoms. The largest absolute Gasteiger partial charge is 0.396 e. The first-order valence-electron chi connectivity index (χ1n) is 5.12. The molecule has 0 fully saturated rings. The van der Waals surface area contributed by atoms with Gasteiger partial charge in [-0.25, -0.2) is 0 Å². The standard InChI is InChI=1S/C11H24O/c1-5-10(2)7-6-8-11(3,4)9-12/h10,12H,5-9H2,1-4H3. The highest BCUT2D eigenvalue weighted by Gasteiger charge is 2.15. The van der Waals surface area contributed by atoms with E-state index in [1.165, 1.54) is 19.3 Å². The van der Waals surface area contributed by atoms with E-state index in [1.54, 1.807) is 0 Å². The fraction of sp³-hybridized carbons (Fsp3) is 1.00. The van der Waals surface area contributed by atoms with Crippen molar-refractivity contribution in [2.45, 2.75) is 53.4 Å². The van der Waals surface area contributed by atoms with Crippen LogP contribution >= 0.6 is 0 Å². The summed E-state index contributed by atoms with van der Waals surface area (Å²) in [5.74, 6) is 0.847. The van der Waals surface area contributed by atoms with Gasteiger partial charge in [0, 0.05) is 6.61 Å². The van der Waals surface area contributed by atoms with Gasteiger partial charge in [0.15, 0.2) is 0 Å². The SMILES string of the molecule is CCC(C)CCCC(C)(C)CO. The van der Waals surface area contributed by atoms with Gasteiger partial charge in [-0.05, 0) is 17.8 Å². The summed E-state index contributed by atoms with van der Waals surface area (Å²) in [7, 11) is 0. The van der Waals surface area contributed by atoms with E-state index in [2.05, 4.69) is 27.7 Å². The van der Waals surface area contributed by atoms with Crippen molar-refractivity contribution in [3.05, 3.63) is 0 Å². The quantitative estimate of drug-likeness (QED) is 0.652. The molecule has 1 nitrogen and oxygen atoms in total. The monoisotopic (exact) mass is 172 g/mol. The molecule has 0 aliphatic rings. The van der Waals surface area contributed by atoms with Crippen molar-refractivity contribution in [2.24, 2.45) is 11.3 Å². The van der Waals surface area contributed by atoms with E-state index >= 15 is 0 Å². The van der Waals surface area contributed by atoms with Gasteiger partial charge in [-0.3, -0.25) is 0 Å². The Labute approximate surface area is 77.2 Å². The second-order valence-corrected chi connectivity index (χ2v) is 4.73. The summed E-state index contributed by atoms with van der Waals surface area (Å²) in [5, 5.41) is 9.02. The molecule has 0 aromatic rings. The van der Waals surface area contributed by atoms with Gasteiger partial charge in [0.05, 0.1) is 0 Å². The van der Waals surface area contributed by atoms with Gasteiger partial charge in [-0.1, -0.05) is 47.0 Å². The Hall–Kier alpha value is -0.0400. The number of aliphatic hydroxyl groups excluding tert-OH is 1. The van der Waals surface area contributed by atoms with Crippen molar-refractivity contribution < 1.29 is 5.11 Å². The zero-order valence-electron chi connectivity index (χ0n) is 9.06. The summed E-state index contributed by atoms with van der Waals surface area (Å²) in [6.45, 7) is 9.11. The highest BCUT2D eigenvalue weighted by atomic mass is 16.3. The van der Waals surface area contributed by atoms with Gasteiger partial charge in [-0.2, -0.15) is 0 Å². The van der Waals surface area contributed by atoms with E-state index in [9.17, 15) is 0 Å². The molecule has 0 amide bonds. The average Bonchev–Trinajstić information content (AvgIpc) is 2.04. The number of hydrogen-bond acceptors (Lipinski definition) is 1. The summed E-state index contributed by atoms with van der Waals surface area (Å²) >= 11 is 0. The summed E-state index contributed by atoms with van der Waals surface area (Å²) in [5.41, 5.74) is 0.132. The van der Waals surface area contributed by atoms with Crippen LogP contribution in [0.4, 0.5) is 0 Å². The van der Waals surface area contributed by atoms with Crippen LogP contribution < -0.4 is 0 Å². The Morgan fingerprint density at radius 2 is 1.92 bits per heavy atom. The van der Waals surface area contributed by atoms with Gasteiger partial charge in [0.25, 0.3) is 0 Å². The van der Waals surface area contributed by atoms with E-state index < -0.39 is 0 Å². The molecule has 74 valence electrons. The van der Waals surface area contributed by atoms with Gasteiger partial charge >= 0.3 is 0 Å². The predicted octanol–water partition coefficient (Wildman–Crippen LogP) is 3.22. The first kappa shape index (κ1) is 12.0. The molecule has 0 rings (SSSR count). The van der Waals surface area contributed by atoms with Crippen LogP contribution in [0.1, 0.15) is 53.4 Å². The van der Waals surface area contributed by atoms with E-state index in [-0.39, 0.29) is 5.41 Å². The Kier molecular flexibility index (Phi) is 5.56. The van der Waals surface area contributed by atoms with E-state index in [0.29, 0.717) is 6.61 Å². The third-order valence-electron chi connectivity index (χ3n) is 2.68. The van der Waals surface area contributed by atoms with Gasteiger partial charge in [-0.15, -0.1) is 0 Å². The smallest absolute Gasteiger partial charge is 0.0482 e. The molecule has 1 atom stereocenters. The van der Waals surface area contributed by atoms with Crippen molar-refractivity contribution in [3.63, 3.8) is 0 Å². The Balaban J connectivity index is 3.42. The molecule has 1 unspecified atom stereocenters. The third-order valence-corrected chi connectivity index (χ3v) is 2.68. The molecule has 0 radical (unpaired) electrons. The molecule has 0 aliphatic carbocycles. The molecule has 0 spiro atoms. The summed E-state index contributed by atoms with van der Waals surface area (Å²) < 4.78 is 0. The molecular weight excluding hydrogens is 148 g/mol. The molecular formula is C11H24O. The van der Waals surface area contributed by atoms with Crippen LogP contribution in [0.25, 0.3) is 0 Å². The normalized spacial score (nSPS) is 14.8. The number of rotatable bonds is 6. The zero-order valence-corrected chi connectivity index (χ0v) is 9.06. The van der Waals surface area contributed by atoms with Crippen molar-refractivity contribution in [2.75, 3.05) is 6.61 Å². The molecule has 0 aliphatic heterocycles. The first-order chi connectivity index (χ1) is 5.52. The second-order valence-electron chi connectivity index (χ2n) is 4.73. The molecule has 0 aromatic carbocycles. The maximum absolute atomic E-state index is 9.02. The summed E-state index contributed by atoms with van der Waals surface area (Å²) in [6.07, 6.45) is 4.98. The molecule has 0 saturated carbocycles. The first-order valence-corrected chi connectivity index (χ1v) is 5.12. The van der Waals surface area contributed by atoms with Crippen molar-refractivity contribution in [1.82, 2.24) is 0 Å². The van der Waals surface area contributed by atoms with Crippen LogP contribution in [0.15, 0.2) is 0 Å². The van der Waals surface area contributed by atoms with Crippen LogP contribution in [0.5, 0.6) is 0 Å². The lowest BCUT2D eigenvalue weighted by molar-refractivity contribution is 0.145. The minimum Gasteiger partial charge on any atom is -0.396 e. The molecule has 0 saturated heterocycles. The fourth-order valence-corrected chi connectivity index (χ4v) is 1.21. The lowest BCUT2D eigenvalue weighted by Gasteiger charge is -2.21. The highest BCUT2D eigenvalue weighted by Crippen LogP contribution is 2.24. The summed E-state index contributed by atoms with van der Waals surface area (Å²) in [6, 6.07) is 0. The van der Waals surface area contributed by atoms with Crippen molar-refractivity contribution in [1.29, 1.82) is 0 Å². The van der Waals surface area contributed by atoms with Crippen LogP contribution in [0.2, 0.25) is 0 Å². The van der Waals surface area contributed by atoms with Crippen molar-refractivity contribution in [3.8, 4) is 0 Å². The molecule has 0 heterocycles. The second kappa shape index (κ2) is 5.58. The average molecular weight is 172 g/mol. The molecule has 1 N–H and O–H groups in total. The van der Waals surface area contributed by atoms with Crippen LogP contribution in [0, 0.1) is 11.3 Å². The van der Waals surface area contributed by atoms with E-state index in [1.807, 2.05) is 0 Å². The Morgan fingerprint density at radius 1 is 1.33 bits per heavy atom. The summed E-state index contributed by atoms with van der Waals surface area (Å²) in [4.78, 5) is 0. The fourth-order valence-electron chi connectivity index (χ4n) is 1.21. The van der Waals surface area contributed by atoms with Crippen LogP contribution in [-0.4, -0.2) is 11.7 Å². The van der Waals surface area contributed by atoms with Gasteiger partial charge < -0.3 is 5.11 Å². The predicted molar refractivity (Wildman–Crippen MR) is 54.2 cm³/mol. The minimum absolute atomic E-state index is 0.132. The van der Waals surface area contributed by atoms with Gasteiger partial charge in [0.2, 0.25) is 0 Å². The minimum atomic E-state index is 0.132. The number of hydrogen-bond donors (Lipinski definition) is 1. The third kappa shape index (κ3) is 5.59. The van der Waals surface area contributed by atoms with Crippen LogP contribution in [0.3, 0.4) is 0 Å². The molecule has 12 heavy (non-hydrogen) atoms. The van der Waals surface area contributed by atoms with Crippen LogP contribution in [-0.2, 0) is 0 Å². The Bertz CT molecular complexity index is 108. The van der Waals surface area contributed by atoms with Gasteiger partial charge in [0.1, 0.15) is 0 Å². The number of aliphatic hydroxyl groups is 1. The topological polar surface area (TPSA) is 20.2 Å². The zero-order chi connectivity index (χ0) is 9.61. The lowest BCUT2D eigenvalue weighted by atomic mass is 9.86. The maximum atomic E-state index is 9.02. The molecule has 0 bridgehead atoms. The van der Waals surface area contributed by atoms with Crippen molar-refractivity contribution >= 4 is 0 Å². The van der Waals surface area contributed by atoms with E-state index in [0.717, 1.165) is 12.3 Å². The Morgan fingerprint density at radius 3 is 2.33 bits per heavy atom. The lowest BCUT2D eigenvalue weighted by Crippen LogP contribution is -2.16. The molecule has 0 aromatic heterocycles. The van der Waals surface area contributed by atoms with E-state index in [4.69, 9.17) is 5.11 Å².